The summed E-state index contributed by atoms with van der Waals surface area (Å²) < 4.78 is 0. The molecule has 6 heteroatoms. The summed E-state index contributed by atoms with van der Waals surface area (Å²) in [4.78, 5) is 25.7. The first-order valence-electron chi connectivity index (χ1n) is 11.9. The van der Waals surface area contributed by atoms with Gasteiger partial charge in [0.1, 0.15) is 0 Å². The van der Waals surface area contributed by atoms with E-state index in [4.69, 9.17) is 0 Å². The molecule has 0 spiro atoms. The number of carbonyl (C=O) groups is 2. The molecule has 2 aromatic rings. The smallest absolute Gasteiger partial charge is 0.256 e. The van der Waals surface area contributed by atoms with Gasteiger partial charge in [-0.2, -0.15) is 5.10 Å². The molecule has 1 aromatic carbocycles. The third-order valence-electron chi connectivity index (χ3n) is 7.82. The Labute approximate surface area is 189 Å². The number of nitrogens with zero attached hydrogens (tertiary/aromatic N) is 1. The molecule has 6 rings (SSSR count). The molecule has 2 amide bonds. The molecule has 4 fully saturated rings. The first-order chi connectivity index (χ1) is 15.2. The number of amides is 2. The van der Waals surface area contributed by atoms with Gasteiger partial charge < -0.3 is 10.6 Å². The zero-order chi connectivity index (χ0) is 22.5. The van der Waals surface area contributed by atoms with Crippen molar-refractivity contribution in [1.29, 1.82) is 0 Å². The fraction of sp³-hybridized carbons (Fsp3) is 0.577. The van der Waals surface area contributed by atoms with E-state index in [0.717, 1.165) is 48.3 Å². The molecule has 0 unspecified atom stereocenters. The number of nitrogens with one attached hydrogen (secondary N) is 3. The van der Waals surface area contributed by atoms with Crippen molar-refractivity contribution >= 4 is 17.6 Å². The highest BCUT2D eigenvalue weighted by molar-refractivity contribution is 6.03. The first kappa shape index (κ1) is 21.2. The Hall–Kier alpha value is -2.63. The van der Waals surface area contributed by atoms with Gasteiger partial charge in [0.15, 0.2) is 5.82 Å². The number of anilines is 1. The van der Waals surface area contributed by atoms with Gasteiger partial charge in [0.2, 0.25) is 5.91 Å². The molecule has 6 nitrogen and oxygen atoms in total. The predicted molar refractivity (Wildman–Crippen MR) is 124 cm³/mol. The van der Waals surface area contributed by atoms with Crippen LogP contribution in [0.2, 0.25) is 0 Å². The van der Waals surface area contributed by atoms with Crippen molar-refractivity contribution in [2.24, 2.45) is 23.2 Å². The monoisotopic (exact) mass is 434 g/mol. The summed E-state index contributed by atoms with van der Waals surface area (Å²) in [6.45, 7) is 6.78. The zero-order valence-electron chi connectivity index (χ0n) is 19.3. The number of aromatic amines is 1. The number of hydrogen-bond acceptors (Lipinski definition) is 3. The topological polar surface area (TPSA) is 86.9 Å². The van der Waals surface area contributed by atoms with Crippen LogP contribution in [0.15, 0.2) is 30.3 Å². The highest BCUT2D eigenvalue weighted by Crippen LogP contribution is 2.60. The summed E-state index contributed by atoms with van der Waals surface area (Å²) >= 11 is 0. The molecule has 4 aliphatic carbocycles. The van der Waals surface area contributed by atoms with Gasteiger partial charge in [0, 0.05) is 34.7 Å². The summed E-state index contributed by atoms with van der Waals surface area (Å²) in [7, 11) is 0. The molecule has 4 saturated carbocycles. The van der Waals surface area contributed by atoms with Crippen LogP contribution in [0.1, 0.15) is 80.9 Å². The highest BCUT2D eigenvalue weighted by Gasteiger charge is 2.54. The van der Waals surface area contributed by atoms with Gasteiger partial charge >= 0.3 is 0 Å². The standard InChI is InChI=1S/C26H34N4O2/c1-25(2,3)21-11-22(30-29-21)28-23(31)20-6-4-16(5-7-20)15-27-24(32)26-12-17-8-18(13-26)10-19(9-17)14-26/h4-7,11,17-19H,8-10,12-15H2,1-3H3,(H,27,32)(H2,28,29,30,31). The molecular formula is C26H34N4O2. The Morgan fingerprint density at radius 1 is 1.03 bits per heavy atom. The van der Waals surface area contributed by atoms with Crippen LogP contribution in [0.5, 0.6) is 0 Å². The lowest BCUT2D eigenvalue weighted by atomic mass is 9.49. The van der Waals surface area contributed by atoms with Gasteiger partial charge in [-0.15, -0.1) is 0 Å². The highest BCUT2D eigenvalue weighted by atomic mass is 16.2. The Morgan fingerprint density at radius 3 is 2.16 bits per heavy atom. The molecule has 1 heterocycles. The van der Waals surface area contributed by atoms with E-state index in [2.05, 4.69) is 41.6 Å². The summed E-state index contributed by atoms with van der Waals surface area (Å²) in [6.07, 6.45) is 7.25. The molecule has 1 aromatic heterocycles. The summed E-state index contributed by atoms with van der Waals surface area (Å²) in [5, 5.41) is 13.2. The van der Waals surface area contributed by atoms with Gasteiger partial charge in [-0.1, -0.05) is 32.9 Å². The van der Waals surface area contributed by atoms with Crippen LogP contribution in [-0.2, 0) is 16.8 Å². The third kappa shape index (κ3) is 4.07. The SMILES string of the molecule is CC(C)(C)c1cc(NC(=O)c2ccc(CNC(=O)C34CC5CC(CC(C5)C3)C4)cc2)n[nH]1. The van der Waals surface area contributed by atoms with Crippen molar-refractivity contribution in [3.05, 3.63) is 47.2 Å². The molecule has 0 aliphatic heterocycles. The Bertz CT molecular complexity index is 980. The normalized spacial score (nSPS) is 28.5. The van der Waals surface area contributed by atoms with Gasteiger partial charge in [-0.3, -0.25) is 14.7 Å². The van der Waals surface area contributed by atoms with Crippen molar-refractivity contribution in [1.82, 2.24) is 15.5 Å². The molecule has 4 bridgehead atoms. The van der Waals surface area contributed by atoms with E-state index in [1.807, 2.05) is 18.2 Å². The molecule has 3 N–H and O–H groups in total. The molecule has 4 aliphatic rings. The minimum atomic E-state index is -0.193. The Morgan fingerprint density at radius 2 is 1.62 bits per heavy atom. The minimum Gasteiger partial charge on any atom is -0.352 e. The second-order valence-corrected chi connectivity index (χ2v) is 11.4. The molecule has 32 heavy (non-hydrogen) atoms. The second-order valence-electron chi connectivity index (χ2n) is 11.4. The first-order valence-corrected chi connectivity index (χ1v) is 11.9. The Balaban J connectivity index is 1.17. The molecular weight excluding hydrogens is 400 g/mol. The van der Waals surface area contributed by atoms with E-state index in [1.54, 1.807) is 12.1 Å². The lowest BCUT2D eigenvalue weighted by molar-refractivity contribution is -0.146. The summed E-state index contributed by atoms with van der Waals surface area (Å²) in [5.74, 6) is 2.86. The van der Waals surface area contributed by atoms with Crippen molar-refractivity contribution in [3.8, 4) is 0 Å². The molecule has 0 saturated heterocycles. The van der Waals surface area contributed by atoms with Crippen LogP contribution >= 0.6 is 0 Å². The van der Waals surface area contributed by atoms with Gasteiger partial charge in [-0.25, -0.2) is 0 Å². The Kier molecular flexibility index (Phi) is 5.14. The second kappa shape index (κ2) is 7.75. The average molecular weight is 435 g/mol. The van der Waals surface area contributed by atoms with Crippen molar-refractivity contribution in [2.75, 3.05) is 5.32 Å². The number of hydrogen-bond donors (Lipinski definition) is 3. The quantitative estimate of drug-likeness (QED) is 0.632. The van der Waals surface area contributed by atoms with E-state index in [0.29, 0.717) is 17.9 Å². The lowest BCUT2D eigenvalue weighted by Gasteiger charge is -2.55. The van der Waals surface area contributed by atoms with Crippen LogP contribution in [0.3, 0.4) is 0 Å². The van der Waals surface area contributed by atoms with E-state index in [-0.39, 0.29) is 22.6 Å². The van der Waals surface area contributed by atoms with Gasteiger partial charge in [0.25, 0.3) is 5.91 Å². The number of H-pyrrole nitrogens is 1. The number of rotatable bonds is 5. The number of aromatic nitrogens is 2. The molecule has 0 radical (unpaired) electrons. The van der Waals surface area contributed by atoms with Crippen LogP contribution in [0.4, 0.5) is 5.82 Å². The largest absolute Gasteiger partial charge is 0.352 e. The maximum absolute atomic E-state index is 13.1. The summed E-state index contributed by atoms with van der Waals surface area (Å²) in [5.41, 5.74) is 2.37. The fourth-order valence-corrected chi connectivity index (χ4v) is 6.49. The van der Waals surface area contributed by atoms with Crippen LogP contribution in [0.25, 0.3) is 0 Å². The van der Waals surface area contributed by atoms with Crippen LogP contribution in [-0.4, -0.2) is 22.0 Å². The van der Waals surface area contributed by atoms with Crippen molar-refractivity contribution < 1.29 is 9.59 Å². The van der Waals surface area contributed by atoms with Crippen LogP contribution in [0, 0.1) is 23.2 Å². The van der Waals surface area contributed by atoms with Crippen LogP contribution < -0.4 is 10.6 Å². The van der Waals surface area contributed by atoms with E-state index in [1.165, 1.54) is 19.3 Å². The van der Waals surface area contributed by atoms with Gasteiger partial charge in [-0.05, 0) is 74.0 Å². The molecule has 0 atom stereocenters. The van der Waals surface area contributed by atoms with Gasteiger partial charge in [0.05, 0.1) is 0 Å². The maximum Gasteiger partial charge on any atom is 0.256 e. The van der Waals surface area contributed by atoms with E-state index in [9.17, 15) is 9.59 Å². The molecule has 170 valence electrons. The third-order valence-corrected chi connectivity index (χ3v) is 7.82. The lowest BCUT2D eigenvalue weighted by Crippen LogP contribution is -2.53. The maximum atomic E-state index is 13.1. The number of benzene rings is 1. The van der Waals surface area contributed by atoms with E-state index >= 15 is 0 Å². The predicted octanol–water partition coefficient (Wildman–Crippen LogP) is 4.79. The summed E-state index contributed by atoms with van der Waals surface area (Å²) in [6, 6.07) is 9.31. The zero-order valence-corrected chi connectivity index (χ0v) is 19.3. The average Bonchev–Trinajstić information content (AvgIpc) is 3.20. The van der Waals surface area contributed by atoms with Crippen molar-refractivity contribution in [3.63, 3.8) is 0 Å². The van der Waals surface area contributed by atoms with E-state index < -0.39 is 0 Å². The minimum absolute atomic E-state index is 0.0573. The van der Waals surface area contributed by atoms with Crippen molar-refractivity contribution in [2.45, 2.75) is 71.3 Å². The number of carbonyl (C=O) groups excluding carboxylic acids is 2. The fourth-order valence-electron chi connectivity index (χ4n) is 6.49.